The van der Waals surface area contributed by atoms with Crippen LogP contribution in [0.4, 0.5) is 0 Å². The zero-order valence-corrected chi connectivity index (χ0v) is 12.4. The van der Waals surface area contributed by atoms with Gasteiger partial charge >= 0.3 is 0 Å². The van der Waals surface area contributed by atoms with Gasteiger partial charge in [-0.1, -0.05) is 38.0 Å². The van der Waals surface area contributed by atoms with Crippen molar-refractivity contribution < 1.29 is 9.84 Å². The highest BCUT2D eigenvalue weighted by Crippen LogP contribution is 2.27. The Morgan fingerprint density at radius 2 is 1.90 bits per heavy atom. The number of aliphatic hydroxyl groups is 1. The lowest BCUT2D eigenvalue weighted by Gasteiger charge is -2.26. The molecule has 1 saturated carbocycles. The summed E-state index contributed by atoms with van der Waals surface area (Å²) in [6, 6.07) is 9.64. The zero-order chi connectivity index (χ0) is 14.2. The Morgan fingerprint density at radius 3 is 2.60 bits per heavy atom. The predicted octanol–water partition coefficient (Wildman–Crippen LogP) is 2.84. The van der Waals surface area contributed by atoms with Gasteiger partial charge in [-0.15, -0.1) is 0 Å². The van der Waals surface area contributed by atoms with E-state index in [2.05, 4.69) is 12.2 Å². The Morgan fingerprint density at radius 1 is 1.20 bits per heavy atom. The molecule has 0 aromatic heterocycles. The van der Waals surface area contributed by atoms with E-state index in [0.29, 0.717) is 13.2 Å². The van der Waals surface area contributed by atoms with Gasteiger partial charge in [-0.2, -0.15) is 0 Å². The van der Waals surface area contributed by atoms with Crippen LogP contribution in [0.5, 0.6) is 5.75 Å². The lowest BCUT2D eigenvalue weighted by Crippen LogP contribution is -2.35. The summed E-state index contributed by atoms with van der Waals surface area (Å²) >= 11 is 0. The normalized spacial score (nSPS) is 24.3. The second kappa shape index (κ2) is 8.28. The smallest absolute Gasteiger partial charge is 0.119 e. The molecular weight excluding hydrogens is 250 g/mol. The lowest BCUT2D eigenvalue weighted by atomic mass is 9.83. The summed E-state index contributed by atoms with van der Waals surface area (Å²) in [4.78, 5) is 0. The van der Waals surface area contributed by atoms with Crippen LogP contribution in [0.1, 0.15) is 32.6 Å². The molecule has 1 unspecified atom stereocenters. The Bertz CT molecular complexity index is 361. The second-order valence-corrected chi connectivity index (χ2v) is 6.06. The summed E-state index contributed by atoms with van der Waals surface area (Å²) < 4.78 is 5.53. The van der Waals surface area contributed by atoms with E-state index in [1.165, 1.54) is 25.7 Å². The molecule has 1 aliphatic carbocycles. The number of nitrogens with one attached hydrogen (secondary N) is 1. The first-order valence-corrected chi connectivity index (χ1v) is 7.80. The number of aliphatic hydroxyl groups excluding tert-OH is 1. The molecule has 1 fully saturated rings. The minimum atomic E-state index is -0.447. The molecule has 3 heteroatoms. The lowest BCUT2D eigenvalue weighted by molar-refractivity contribution is 0.104. The first kappa shape index (κ1) is 15.3. The third-order valence-electron chi connectivity index (χ3n) is 4.13. The van der Waals surface area contributed by atoms with Crippen LogP contribution < -0.4 is 10.1 Å². The van der Waals surface area contributed by atoms with Gasteiger partial charge < -0.3 is 15.2 Å². The van der Waals surface area contributed by atoms with Crippen molar-refractivity contribution in [2.24, 2.45) is 11.8 Å². The molecule has 0 aliphatic heterocycles. The SMILES string of the molecule is CC1CCC(CNCC(O)COc2ccccc2)CC1. The fourth-order valence-corrected chi connectivity index (χ4v) is 2.76. The van der Waals surface area contributed by atoms with Gasteiger partial charge in [0.2, 0.25) is 0 Å². The third-order valence-corrected chi connectivity index (χ3v) is 4.13. The van der Waals surface area contributed by atoms with Crippen LogP contribution in [0.25, 0.3) is 0 Å². The number of rotatable bonds is 7. The average Bonchev–Trinajstić information content (AvgIpc) is 2.48. The van der Waals surface area contributed by atoms with Crippen LogP contribution in [0, 0.1) is 11.8 Å². The van der Waals surface area contributed by atoms with Gasteiger partial charge in [0.05, 0.1) is 0 Å². The summed E-state index contributed by atoms with van der Waals surface area (Å²) in [5.74, 6) is 2.50. The minimum absolute atomic E-state index is 0.346. The molecule has 0 amide bonds. The van der Waals surface area contributed by atoms with E-state index in [1.807, 2.05) is 30.3 Å². The molecule has 1 atom stereocenters. The topological polar surface area (TPSA) is 41.5 Å². The predicted molar refractivity (Wildman–Crippen MR) is 81.9 cm³/mol. The van der Waals surface area contributed by atoms with Crippen molar-refractivity contribution >= 4 is 0 Å². The molecular formula is C17H27NO2. The van der Waals surface area contributed by atoms with Gasteiger partial charge in [-0.3, -0.25) is 0 Å². The summed E-state index contributed by atoms with van der Waals surface area (Å²) in [6.07, 6.45) is 4.91. The molecule has 0 saturated heterocycles. The molecule has 0 bridgehead atoms. The first-order chi connectivity index (χ1) is 9.74. The van der Waals surface area contributed by atoms with E-state index < -0.39 is 6.10 Å². The van der Waals surface area contributed by atoms with Crippen LogP contribution in [-0.2, 0) is 0 Å². The van der Waals surface area contributed by atoms with Gasteiger partial charge in [0.25, 0.3) is 0 Å². The van der Waals surface area contributed by atoms with E-state index in [4.69, 9.17) is 4.74 Å². The van der Waals surface area contributed by atoms with Crippen LogP contribution >= 0.6 is 0 Å². The second-order valence-electron chi connectivity index (χ2n) is 6.06. The fraction of sp³-hybridized carbons (Fsp3) is 0.647. The standard InChI is InChI=1S/C17H27NO2/c1-14-7-9-15(10-8-14)11-18-12-16(19)13-20-17-5-3-2-4-6-17/h2-6,14-16,18-19H,7-13H2,1H3. The highest BCUT2D eigenvalue weighted by atomic mass is 16.5. The maximum Gasteiger partial charge on any atom is 0.119 e. The van der Waals surface area contributed by atoms with Crippen molar-refractivity contribution in [3.05, 3.63) is 30.3 Å². The maximum absolute atomic E-state index is 9.89. The van der Waals surface area contributed by atoms with Crippen LogP contribution in [0.2, 0.25) is 0 Å². The van der Waals surface area contributed by atoms with Gasteiger partial charge in [-0.05, 0) is 43.4 Å². The molecule has 1 aromatic rings. The van der Waals surface area contributed by atoms with E-state index in [1.54, 1.807) is 0 Å². The van der Waals surface area contributed by atoms with Crippen LogP contribution in [0.15, 0.2) is 30.3 Å². The maximum atomic E-state index is 9.89. The minimum Gasteiger partial charge on any atom is -0.491 e. The van der Waals surface area contributed by atoms with E-state index in [9.17, 15) is 5.11 Å². The van der Waals surface area contributed by atoms with Crippen molar-refractivity contribution in [2.75, 3.05) is 19.7 Å². The summed E-state index contributed by atoms with van der Waals surface area (Å²) in [6.45, 7) is 4.32. The quantitative estimate of drug-likeness (QED) is 0.805. The van der Waals surface area contributed by atoms with Gasteiger partial charge in [0.1, 0.15) is 18.5 Å². The van der Waals surface area contributed by atoms with Gasteiger partial charge in [0.15, 0.2) is 0 Å². The molecule has 2 N–H and O–H groups in total. The highest BCUT2D eigenvalue weighted by molar-refractivity contribution is 5.20. The number of hydrogen-bond acceptors (Lipinski definition) is 3. The molecule has 0 radical (unpaired) electrons. The Kier molecular flexibility index (Phi) is 6.34. The molecule has 0 spiro atoms. The molecule has 1 aliphatic rings. The highest BCUT2D eigenvalue weighted by Gasteiger charge is 2.18. The van der Waals surface area contributed by atoms with E-state index >= 15 is 0 Å². The molecule has 20 heavy (non-hydrogen) atoms. The van der Waals surface area contributed by atoms with Gasteiger partial charge in [-0.25, -0.2) is 0 Å². The first-order valence-electron chi connectivity index (χ1n) is 7.80. The van der Waals surface area contributed by atoms with E-state index in [-0.39, 0.29) is 0 Å². The van der Waals surface area contributed by atoms with Crippen molar-refractivity contribution in [3.63, 3.8) is 0 Å². The van der Waals surface area contributed by atoms with E-state index in [0.717, 1.165) is 24.1 Å². The van der Waals surface area contributed by atoms with Crippen molar-refractivity contribution in [3.8, 4) is 5.75 Å². The van der Waals surface area contributed by atoms with Crippen molar-refractivity contribution in [1.82, 2.24) is 5.32 Å². The van der Waals surface area contributed by atoms with Crippen LogP contribution in [0.3, 0.4) is 0 Å². The van der Waals surface area contributed by atoms with Gasteiger partial charge in [0, 0.05) is 6.54 Å². The zero-order valence-electron chi connectivity index (χ0n) is 12.4. The third kappa shape index (κ3) is 5.51. The van der Waals surface area contributed by atoms with Crippen molar-refractivity contribution in [2.45, 2.75) is 38.7 Å². The van der Waals surface area contributed by atoms with Crippen molar-refractivity contribution in [1.29, 1.82) is 0 Å². The Hall–Kier alpha value is -1.06. The number of hydrogen-bond donors (Lipinski definition) is 2. The molecule has 1 aromatic carbocycles. The monoisotopic (exact) mass is 277 g/mol. The molecule has 3 nitrogen and oxygen atoms in total. The van der Waals surface area contributed by atoms with Crippen LogP contribution in [-0.4, -0.2) is 30.9 Å². The molecule has 2 rings (SSSR count). The summed E-state index contributed by atoms with van der Waals surface area (Å²) in [5, 5.41) is 13.3. The average molecular weight is 277 g/mol. The fourth-order valence-electron chi connectivity index (χ4n) is 2.76. The molecule has 0 heterocycles. The largest absolute Gasteiger partial charge is 0.491 e. The number of para-hydroxylation sites is 1. The Balaban J connectivity index is 1.55. The number of benzene rings is 1. The summed E-state index contributed by atoms with van der Waals surface area (Å²) in [5.41, 5.74) is 0. The Labute approximate surface area is 122 Å². The summed E-state index contributed by atoms with van der Waals surface area (Å²) in [7, 11) is 0. The number of ether oxygens (including phenoxy) is 1. The molecule has 112 valence electrons.